The lowest BCUT2D eigenvalue weighted by atomic mass is 9.76. The smallest absolute Gasteiger partial charge is 0.253 e. The molecule has 4 rings (SSSR count). The van der Waals surface area contributed by atoms with Gasteiger partial charge in [-0.2, -0.15) is 0 Å². The molecule has 128 valence electrons. The molecule has 0 fully saturated rings. The average Bonchev–Trinajstić information content (AvgIpc) is 3.10. The molecule has 3 atom stereocenters. The molecule has 3 heteroatoms. The molecule has 0 radical (unpaired) electrons. The van der Waals surface area contributed by atoms with Crippen LogP contribution in [0.2, 0.25) is 0 Å². The highest BCUT2D eigenvalue weighted by atomic mass is 16.2. The van der Waals surface area contributed by atoms with Crippen molar-refractivity contribution in [2.45, 2.75) is 25.3 Å². The summed E-state index contributed by atoms with van der Waals surface area (Å²) in [4.78, 5) is 14.0. The van der Waals surface area contributed by atoms with E-state index in [1.165, 1.54) is 16.7 Å². The Morgan fingerprint density at radius 3 is 2.76 bits per heavy atom. The lowest BCUT2D eigenvalue weighted by Crippen LogP contribution is -2.30. The Morgan fingerprint density at radius 2 is 2.00 bits per heavy atom. The van der Waals surface area contributed by atoms with Crippen LogP contribution in [0.4, 0.5) is 5.69 Å². The third-order valence-corrected chi connectivity index (χ3v) is 5.42. The van der Waals surface area contributed by atoms with E-state index in [-0.39, 0.29) is 5.91 Å². The average molecular weight is 332 g/mol. The molecule has 0 bridgehead atoms. The minimum atomic E-state index is 0.0575. The van der Waals surface area contributed by atoms with Gasteiger partial charge in [-0.3, -0.25) is 4.79 Å². The minimum Gasteiger partial charge on any atom is -0.378 e. The highest BCUT2D eigenvalue weighted by Crippen LogP contribution is 2.50. The van der Waals surface area contributed by atoms with Gasteiger partial charge in [0.2, 0.25) is 0 Å². The number of carbonyl (C=O) groups is 1. The molecule has 2 aliphatic rings. The Morgan fingerprint density at radius 1 is 1.16 bits per heavy atom. The van der Waals surface area contributed by atoms with Crippen molar-refractivity contribution < 1.29 is 4.79 Å². The standard InChI is InChI=1S/C22H24N2O/c1-14-6-4-7-15(12-14)21-18-9-5-8-17(18)19-13-16(22(25)24(2)3)10-11-20(19)23-21/h4-8,10-13,17-18,21,23H,9H2,1-3H3. The number of carbonyl (C=O) groups excluding carboxylic acids is 1. The molecule has 2 aromatic carbocycles. The first-order chi connectivity index (χ1) is 12.0. The lowest BCUT2D eigenvalue weighted by Gasteiger charge is -2.38. The van der Waals surface area contributed by atoms with E-state index < -0.39 is 0 Å². The molecule has 25 heavy (non-hydrogen) atoms. The zero-order valence-corrected chi connectivity index (χ0v) is 15.0. The highest BCUT2D eigenvalue weighted by Gasteiger charge is 2.38. The molecule has 1 heterocycles. The maximum atomic E-state index is 12.3. The topological polar surface area (TPSA) is 32.3 Å². The molecule has 3 nitrogen and oxygen atoms in total. The second kappa shape index (κ2) is 6.07. The fourth-order valence-corrected chi connectivity index (χ4v) is 4.18. The summed E-state index contributed by atoms with van der Waals surface area (Å²) < 4.78 is 0. The van der Waals surface area contributed by atoms with Crippen LogP contribution in [0.15, 0.2) is 54.6 Å². The molecule has 2 aromatic rings. The van der Waals surface area contributed by atoms with Gasteiger partial charge in [-0.05, 0) is 48.6 Å². The monoisotopic (exact) mass is 332 g/mol. The van der Waals surface area contributed by atoms with Crippen LogP contribution < -0.4 is 5.32 Å². The van der Waals surface area contributed by atoms with Crippen molar-refractivity contribution in [1.82, 2.24) is 4.90 Å². The molecule has 1 N–H and O–H groups in total. The third kappa shape index (κ3) is 2.74. The van der Waals surface area contributed by atoms with Crippen molar-refractivity contribution in [2.75, 3.05) is 19.4 Å². The van der Waals surface area contributed by atoms with Crippen LogP contribution in [0.1, 0.15) is 45.4 Å². The van der Waals surface area contributed by atoms with E-state index in [1.54, 1.807) is 19.0 Å². The van der Waals surface area contributed by atoms with E-state index in [0.29, 0.717) is 17.9 Å². The van der Waals surface area contributed by atoms with Crippen LogP contribution >= 0.6 is 0 Å². The quantitative estimate of drug-likeness (QED) is 0.820. The molecule has 1 amide bonds. The van der Waals surface area contributed by atoms with Crippen LogP contribution in [-0.2, 0) is 0 Å². The summed E-state index contributed by atoms with van der Waals surface area (Å²) in [6.45, 7) is 2.14. The Kier molecular flexibility index (Phi) is 3.87. The van der Waals surface area contributed by atoms with Gasteiger partial charge in [0.15, 0.2) is 0 Å². The zero-order chi connectivity index (χ0) is 17.6. The van der Waals surface area contributed by atoms with Gasteiger partial charge in [0.25, 0.3) is 5.91 Å². The van der Waals surface area contributed by atoms with E-state index in [2.05, 4.69) is 60.8 Å². The largest absolute Gasteiger partial charge is 0.378 e. The van der Waals surface area contributed by atoms with Gasteiger partial charge in [-0.15, -0.1) is 0 Å². The number of benzene rings is 2. The van der Waals surface area contributed by atoms with Crippen molar-refractivity contribution in [1.29, 1.82) is 0 Å². The van der Waals surface area contributed by atoms with Gasteiger partial charge in [-0.1, -0.05) is 42.0 Å². The van der Waals surface area contributed by atoms with E-state index in [4.69, 9.17) is 0 Å². The van der Waals surface area contributed by atoms with Crippen LogP contribution in [-0.4, -0.2) is 24.9 Å². The number of fused-ring (bicyclic) bond motifs is 3. The second-order valence-electron chi connectivity index (χ2n) is 7.39. The number of hydrogen-bond donors (Lipinski definition) is 1. The maximum Gasteiger partial charge on any atom is 0.253 e. The van der Waals surface area contributed by atoms with Gasteiger partial charge in [-0.25, -0.2) is 0 Å². The minimum absolute atomic E-state index is 0.0575. The van der Waals surface area contributed by atoms with Gasteiger partial charge >= 0.3 is 0 Å². The van der Waals surface area contributed by atoms with Crippen LogP contribution in [0.3, 0.4) is 0 Å². The van der Waals surface area contributed by atoms with Crippen LogP contribution in [0.25, 0.3) is 0 Å². The van der Waals surface area contributed by atoms with E-state index >= 15 is 0 Å². The molecule has 0 aromatic heterocycles. The van der Waals surface area contributed by atoms with Crippen molar-refractivity contribution >= 4 is 11.6 Å². The highest BCUT2D eigenvalue weighted by molar-refractivity contribution is 5.94. The van der Waals surface area contributed by atoms with Crippen LogP contribution in [0, 0.1) is 12.8 Å². The summed E-state index contributed by atoms with van der Waals surface area (Å²) in [6, 6.07) is 15.2. The fourth-order valence-electron chi connectivity index (χ4n) is 4.18. The van der Waals surface area contributed by atoms with E-state index in [0.717, 1.165) is 17.7 Å². The molecule has 0 spiro atoms. The summed E-state index contributed by atoms with van der Waals surface area (Å²) >= 11 is 0. The summed E-state index contributed by atoms with van der Waals surface area (Å²) in [5.74, 6) is 0.929. The number of aryl methyl sites for hydroxylation is 1. The number of nitrogens with one attached hydrogen (secondary N) is 1. The first-order valence-corrected chi connectivity index (χ1v) is 8.90. The lowest BCUT2D eigenvalue weighted by molar-refractivity contribution is 0.0827. The van der Waals surface area contributed by atoms with E-state index in [9.17, 15) is 4.79 Å². The maximum absolute atomic E-state index is 12.3. The molecule has 3 unspecified atom stereocenters. The van der Waals surface area contributed by atoms with E-state index in [1.807, 2.05) is 6.07 Å². The number of allylic oxidation sites excluding steroid dienone is 2. The molecule has 0 saturated heterocycles. The van der Waals surface area contributed by atoms with Gasteiger partial charge in [0.1, 0.15) is 0 Å². The summed E-state index contributed by atoms with van der Waals surface area (Å²) in [6.07, 6.45) is 5.67. The van der Waals surface area contributed by atoms with Gasteiger partial charge in [0.05, 0.1) is 6.04 Å². The first kappa shape index (κ1) is 15.9. The van der Waals surface area contributed by atoms with Gasteiger partial charge in [0, 0.05) is 31.3 Å². The Bertz CT molecular complexity index is 853. The second-order valence-corrected chi connectivity index (χ2v) is 7.39. The summed E-state index contributed by atoms with van der Waals surface area (Å²) in [5, 5.41) is 3.74. The molecule has 1 aliphatic carbocycles. The summed E-state index contributed by atoms with van der Waals surface area (Å²) in [7, 11) is 3.60. The molecular formula is C22H24N2O. The SMILES string of the molecule is Cc1cccc(C2Nc3ccc(C(=O)N(C)C)cc3C3C=CCC32)c1. The van der Waals surface area contributed by atoms with Crippen molar-refractivity contribution in [3.8, 4) is 0 Å². The molecular weight excluding hydrogens is 308 g/mol. The number of amides is 1. The number of rotatable bonds is 2. The van der Waals surface area contributed by atoms with Crippen LogP contribution in [0.5, 0.6) is 0 Å². The molecule has 1 aliphatic heterocycles. The predicted molar refractivity (Wildman–Crippen MR) is 102 cm³/mol. The Balaban J connectivity index is 1.75. The number of hydrogen-bond acceptors (Lipinski definition) is 2. The number of nitrogens with zero attached hydrogens (tertiary/aromatic N) is 1. The zero-order valence-electron chi connectivity index (χ0n) is 15.0. The normalized spacial score (nSPS) is 23.6. The third-order valence-electron chi connectivity index (χ3n) is 5.42. The van der Waals surface area contributed by atoms with Crippen molar-refractivity contribution in [3.05, 3.63) is 76.9 Å². The van der Waals surface area contributed by atoms with Gasteiger partial charge < -0.3 is 10.2 Å². The first-order valence-electron chi connectivity index (χ1n) is 8.90. The summed E-state index contributed by atoms with van der Waals surface area (Å²) in [5.41, 5.74) is 5.79. The van der Waals surface area contributed by atoms with Crippen molar-refractivity contribution in [2.24, 2.45) is 5.92 Å². The predicted octanol–water partition coefficient (Wildman–Crippen LogP) is 4.52. The fraction of sp³-hybridized carbons (Fsp3) is 0.318. The number of anilines is 1. The molecule has 0 saturated carbocycles. The Hall–Kier alpha value is -2.55. The Labute approximate surface area is 149 Å². The van der Waals surface area contributed by atoms with Crippen molar-refractivity contribution in [3.63, 3.8) is 0 Å².